The molecule has 0 aliphatic carbocycles. The van der Waals surface area contributed by atoms with E-state index in [9.17, 15) is 9.59 Å². The predicted molar refractivity (Wildman–Crippen MR) is 59.4 cm³/mol. The highest BCUT2D eigenvalue weighted by atomic mass is 16.2. The van der Waals surface area contributed by atoms with Gasteiger partial charge in [-0.15, -0.1) is 0 Å². The second kappa shape index (κ2) is 3.39. The fourth-order valence-electron chi connectivity index (χ4n) is 1.74. The van der Waals surface area contributed by atoms with Crippen molar-refractivity contribution in [3.63, 3.8) is 0 Å². The molecule has 3 rings (SSSR count). The van der Waals surface area contributed by atoms with E-state index in [0.717, 1.165) is 16.1 Å². The van der Waals surface area contributed by atoms with Gasteiger partial charge in [-0.3, -0.25) is 14.6 Å². The van der Waals surface area contributed by atoms with Crippen molar-refractivity contribution in [1.82, 2.24) is 6.15 Å². The summed E-state index contributed by atoms with van der Waals surface area (Å²) in [7, 11) is 0. The van der Waals surface area contributed by atoms with E-state index in [0.29, 0.717) is 5.69 Å². The van der Waals surface area contributed by atoms with Crippen LogP contribution in [0.4, 0.5) is 5.69 Å². The highest BCUT2D eigenvalue weighted by Crippen LogP contribution is 2.13. The van der Waals surface area contributed by atoms with Gasteiger partial charge >= 0.3 is 0 Å². The summed E-state index contributed by atoms with van der Waals surface area (Å²) in [6.45, 7) is 0. The quantitative estimate of drug-likeness (QED) is 0.584. The van der Waals surface area contributed by atoms with Crippen LogP contribution in [-0.2, 0) is 9.59 Å². The molecule has 0 spiro atoms. The number of nitrogens with zero attached hydrogens (tertiary/aromatic N) is 1. The summed E-state index contributed by atoms with van der Waals surface area (Å²) in [6.07, 6.45) is 4.84. The molecule has 1 aromatic carbocycles. The van der Waals surface area contributed by atoms with Gasteiger partial charge in [0, 0.05) is 23.1 Å². The lowest BCUT2D eigenvalue weighted by Crippen LogP contribution is -2.33. The number of carbonyl (C=O) groups is 2. The zero-order valence-corrected chi connectivity index (χ0v) is 8.36. The summed E-state index contributed by atoms with van der Waals surface area (Å²) in [5.74, 6) is -1.10. The number of fused-ring (bicyclic) bond motifs is 3. The molecule has 0 saturated heterocycles. The third-order valence-electron chi connectivity index (χ3n) is 2.46. The minimum Gasteiger partial charge on any atom is -0.344 e. The maximum Gasteiger partial charge on any atom is 0.296 e. The molecule has 0 radical (unpaired) electrons. The summed E-state index contributed by atoms with van der Waals surface area (Å²) < 4.78 is 0. The van der Waals surface area contributed by atoms with Crippen LogP contribution in [0.25, 0.3) is 12.2 Å². The van der Waals surface area contributed by atoms with Gasteiger partial charge in [0.15, 0.2) is 0 Å². The van der Waals surface area contributed by atoms with E-state index in [4.69, 9.17) is 0 Å². The molecule has 4 N–H and O–H groups in total. The Labute approximate surface area is 90.8 Å². The topological polar surface area (TPSA) is 93.5 Å². The summed E-state index contributed by atoms with van der Waals surface area (Å²) in [5.41, 5.74) is 1.54. The van der Waals surface area contributed by atoms with Crippen LogP contribution in [0.1, 0.15) is 5.56 Å². The average molecular weight is 215 g/mol. The van der Waals surface area contributed by atoms with E-state index in [1.54, 1.807) is 12.3 Å². The van der Waals surface area contributed by atoms with Crippen molar-refractivity contribution in [2.45, 2.75) is 0 Å². The van der Waals surface area contributed by atoms with Crippen LogP contribution in [0.15, 0.2) is 23.3 Å². The van der Waals surface area contributed by atoms with E-state index in [1.807, 2.05) is 12.1 Å². The van der Waals surface area contributed by atoms with Gasteiger partial charge in [-0.25, -0.2) is 0 Å². The van der Waals surface area contributed by atoms with Crippen molar-refractivity contribution in [2.75, 3.05) is 5.32 Å². The van der Waals surface area contributed by atoms with E-state index >= 15 is 0 Å². The Morgan fingerprint density at radius 2 is 2.00 bits per heavy atom. The SMILES string of the molecule is N.O=C1C=c2ccc3c(c2NC1=O)C=CN=3. The first-order chi connectivity index (χ1) is 7.25. The first-order valence-electron chi connectivity index (χ1n) is 4.50. The number of amides is 1. The Morgan fingerprint density at radius 3 is 2.81 bits per heavy atom. The molecule has 0 atom stereocenters. The molecule has 5 heteroatoms. The first-order valence-corrected chi connectivity index (χ1v) is 4.50. The minimum absolute atomic E-state index is 0. The molecule has 2 heterocycles. The van der Waals surface area contributed by atoms with Crippen molar-refractivity contribution < 1.29 is 9.59 Å². The number of Topliss-reactive ketones (excluding diaryl/α,β-unsaturated/α-hetero) is 1. The highest BCUT2D eigenvalue weighted by Gasteiger charge is 2.19. The maximum absolute atomic E-state index is 11.2. The monoisotopic (exact) mass is 215 g/mol. The van der Waals surface area contributed by atoms with E-state index in [-0.39, 0.29) is 6.15 Å². The smallest absolute Gasteiger partial charge is 0.296 e. The third-order valence-corrected chi connectivity index (χ3v) is 2.46. The maximum atomic E-state index is 11.2. The van der Waals surface area contributed by atoms with Crippen molar-refractivity contribution in [3.05, 3.63) is 34.5 Å². The van der Waals surface area contributed by atoms with E-state index < -0.39 is 11.7 Å². The molecule has 2 aliphatic rings. The number of benzene rings is 1. The van der Waals surface area contributed by atoms with Gasteiger partial charge in [0.1, 0.15) is 0 Å². The Hall–Kier alpha value is -2.27. The van der Waals surface area contributed by atoms with Crippen molar-refractivity contribution in [2.24, 2.45) is 4.99 Å². The van der Waals surface area contributed by atoms with Gasteiger partial charge in [-0.1, -0.05) is 6.07 Å². The third kappa shape index (κ3) is 1.26. The lowest BCUT2D eigenvalue weighted by atomic mass is 10.1. The highest BCUT2D eigenvalue weighted by molar-refractivity contribution is 6.52. The van der Waals surface area contributed by atoms with Crippen molar-refractivity contribution in [1.29, 1.82) is 0 Å². The van der Waals surface area contributed by atoms with E-state index in [1.165, 1.54) is 6.08 Å². The Morgan fingerprint density at radius 1 is 1.19 bits per heavy atom. The van der Waals surface area contributed by atoms with Crippen LogP contribution in [-0.4, -0.2) is 11.7 Å². The molecule has 80 valence electrons. The number of carbonyl (C=O) groups excluding carboxylic acids is 2. The van der Waals surface area contributed by atoms with Crippen LogP contribution in [0.3, 0.4) is 0 Å². The number of hydrogen-bond donors (Lipinski definition) is 2. The Kier molecular flexibility index (Phi) is 2.17. The van der Waals surface area contributed by atoms with Crippen LogP contribution in [0.5, 0.6) is 0 Å². The number of hydrogen-bond acceptors (Lipinski definition) is 4. The van der Waals surface area contributed by atoms with Gasteiger partial charge in [-0.2, -0.15) is 0 Å². The van der Waals surface area contributed by atoms with Crippen molar-refractivity contribution in [3.8, 4) is 0 Å². The Bertz CT molecular complexity index is 644. The standard InChI is InChI=1S/C11H6N2O2.H3N/c14-9-5-6-1-2-8-7(3-4-12-8)10(6)13-11(9)15;/h1-5H,(H,13,15);1H3. The van der Waals surface area contributed by atoms with Crippen LogP contribution in [0.2, 0.25) is 0 Å². The van der Waals surface area contributed by atoms with Crippen molar-refractivity contribution >= 4 is 29.5 Å². The molecule has 0 bridgehead atoms. The second-order valence-corrected chi connectivity index (χ2v) is 3.37. The number of nitrogens with one attached hydrogen (secondary N) is 1. The largest absolute Gasteiger partial charge is 0.344 e. The normalized spacial score (nSPS) is 15.2. The molecular formula is C11H9N3O2. The first kappa shape index (κ1) is 10.3. The molecular weight excluding hydrogens is 206 g/mol. The minimum atomic E-state index is -0.587. The summed E-state index contributed by atoms with van der Waals surface area (Å²) >= 11 is 0. The Balaban J connectivity index is 0.000000963. The molecule has 1 amide bonds. The number of anilines is 1. The lowest BCUT2D eigenvalue weighted by molar-refractivity contribution is -0.131. The van der Waals surface area contributed by atoms with Crippen LogP contribution in [0, 0.1) is 0 Å². The molecule has 5 nitrogen and oxygen atoms in total. The molecule has 16 heavy (non-hydrogen) atoms. The van der Waals surface area contributed by atoms with Gasteiger partial charge in [-0.05, 0) is 12.1 Å². The zero-order chi connectivity index (χ0) is 10.4. The van der Waals surface area contributed by atoms with Crippen LogP contribution >= 0.6 is 0 Å². The van der Waals surface area contributed by atoms with Gasteiger partial charge in [0.25, 0.3) is 5.91 Å². The lowest BCUT2D eigenvalue weighted by Gasteiger charge is -2.11. The predicted octanol–water partition coefficient (Wildman–Crippen LogP) is -0.246. The summed E-state index contributed by atoms with van der Waals surface area (Å²) in [6, 6.07) is 3.61. The van der Waals surface area contributed by atoms with E-state index in [2.05, 4.69) is 10.3 Å². The fraction of sp³-hybridized carbons (Fsp3) is 0. The fourth-order valence-corrected chi connectivity index (χ4v) is 1.74. The molecule has 2 aliphatic heterocycles. The van der Waals surface area contributed by atoms with Gasteiger partial charge < -0.3 is 11.5 Å². The molecule has 0 aromatic heterocycles. The second-order valence-electron chi connectivity index (χ2n) is 3.37. The van der Waals surface area contributed by atoms with Gasteiger partial charge in [0.05, 0.1) is 11.0 Å². The van der Waals surface area contributed by atoms with Crippen LogP contribution < -0.4 is 22.0 Å². The zero-order valence-electron chi connectivity index (χ0n) is 8.36. The number of ketones is 1. The molecule has 0 unspecified atom stereocenters. The summed E-state index contributed by atoms with van der Waals surface area (Å²) in [4.78, 5) is 26.5. The van der Waals surface area contributed by atoms with Gasteiger partial charge in [0.2, 0.25) is 5.78 Å². The molecule has 0 saturated carbocycles. The summed E-state index contributed by atoms with van der Waals surface area (Å²) in [5, 5.41) is 4.13. The average Bonchev–Trinajstić information content (AvgIpc) is 2.68. The molecule has 0 fully saturated rings. The molecule has 1 aromatic rings. The number of rotatable bonds is 0.